The van der Waals surface area contributed by atoms with Crippen molar-refractivity contribution in [3.63, 3.8) is 0 Å². The topological polar surface area (TPSA) is 67.2 Å². The zero-order chi connectivity index (χ0) is 25.1. The molecule has 3 rings (SSSR count). The summed E-state index contributed by atoms with van der Waals surface area (Å²) in [6, 6.07) is 14.8. The third-order valence-electron chi connectivity index (χ3n) is 7.18. The molecule has 1 aliphatic rings. The molecule has 2 aromatic rings. The van der Waals surface area contributed by atoms with Crippen molar-refractivity contribution < 1.29 is 4.79 Å². The average Bonchev–Trinajstić information content (AvgIpc) is 3.06. The number of amides is 1. The van der Waals surface area contributed by atoms with Gasteiger partial charge in [-0.25, -0.2) is 0 Å². The van der Waals surface area contributed by atoms with Crippen molar-refractivity contribution in [2.75, 3.05) is 6.54 Å². The van der Waals surface area contributed by atoms with Gasteiger partial charge in [0.15, 0.2) is 0 Å². The van der Waals surface area contributed by atoms with E-state index in [-0.39, 0.29) is 23.3 Å². The first kappa shape index (κ1) is 27.0. The van der Waals surface area contributed by atoms with Crippen molar-refractivity contribution in [3.05, 3.63) is 69.7 Å². The molecule has 0 bridgehead atoms. The summed E-state index contributed by atoms with van der Waals surface area (Å²) in [6.07, 6.45) is 2.87. The van der Waals surface area contributed by atoms with Crippen LogP contribution < -0.4 is 16.4 Å². The summed E-state index contributed by atoms with van der Waals surface area (Å²) >= 11 is 12.6. The molecule has 4 atom stereocenters. The van der Waals surface area contributed by atoms with E-state index in [1.807, 2.05) is 48.5 Å². The fourth-order valence-electron chi connectivity index (χ4n) is 5.23. The average molecular weight is 505 g/mol. The Kier molecular flexibility index (Phi) is 8.73. The molecule has 2 aromatic carbocycles. The maximum Gasteiger partial charge on any atom is 0.237 e. The number of hydrogen-bond acceptors (Lipinski definition) is 3. The number of hydrogen-bond donors (Lipinski definition) is 3. The molecule has 1 aliphatic heterocycles. The van der Waals surface area contributed by atoms with Crippen molar-refractivity contribution in [1.82, 2.24) is 10.6 Å². The maximum absolute atomic E-state index is 13.7. The minimum absolute atomic E-state index is 0.00841. The molecule has 186 valence electrons. The quantitative estimate of drug-likeness (QED) is 0.398. The van der Waals surface area contributed by atoms with Crippen molar-refractivity contribution in [2.45, 2.75) is 77.4 Å². The zero-order valence-corrected chi connectivity index (χ0v) is 22.5. The number of carbonyl (C=O) groups is 1. The normalized spacial score (nSPS) is 25.0. The number of nitrogens with one attached hydrogen (secondary N) is 2. The molecule has 1 amide bonds. The Morgan fingerprint density at radius 3 is 2.29 bits per heavy atom. The van der Waals surface area contributed by atoms with Gasteiger partial charge in [-0.1, -0.05) is 94.9 Å². The standard InChI is InChI=1S/C28H39Cl2N3O/c1-6-18(7-2)17-32-26(34)25-24(19-9-8-10-22(30)15-19)28(31,20-11-13-21(29)14-12-20)23(33-25)16-27(3,4)5/h8-15,18,23-25,33H,6-7,16-17,31H2,1-5H3,(H,32,34)/t23-,24-,25+,28+/m0/s1. The van der Waals surface area contributed by atoms with Crippen LogP contribution in [0.3, 0.4) is 0 Å². The van der Waals surface area contributed by atoms with Crippen molar-refractivity contribution in [2.24, 2.45) is 17.1 Å². The molecule has 0 saturated carbocycles. The van der Waals surface area contributed by atoms with Crippen LogP contribution in [-0.2, 0) is 10.3 Å². The van der Waals surface area contributed by atoms with E-state index in [2.05, 4.69) is 45.3 Å². The van der Waals surface area contributed by atoms with Crippen LogP contribution in [0.2, 0.25) is 10.0 Å². The van der Waals surface area contributed by atoms with Crippen LogP contribution in [0.25, 0.3) is 0 Å². The summed E-state index contributed by atoms with van der Waals surface area (Å²) in [4.78, 5) is 13.7. The second kappa shape index (κ2) is 11.0. The van der Waals surface area contributed by atoms with Gasteiger partial charge in [0.05, 0.1) is 11.6 Å². The van der Waals surface area contributed by atoms with Crippen molar-refractivity contribution in [3.8, 4) is 0 Å². The van der Waals surface area contributed by atoms with Crippen molar-refractivity contribution >= 4 is 29.1 Å². The highest BCUT2D eigenvalue weighted by molar-refractivity contribution is 6.30. The summed E-state index contributed by atoms with van der Waals surface area (Å²) in [5, 5.41) is 8.17. The van der Waals surface area contributed by atoms with Gasteiger partial charge in [0.25, 0.3) is 0 Å². The number of rotatable bonds is 8. The zero-order valence-electron chi connectivity index (χ0n) is 21.0. The van der Waals surface area contributed by atoms with E-state index in [1.54, 1.807) is 0 Å². The first-order valence-electron chi connectivity index (χ1n) is 12.3. The van der Waals surface area contributed by atoms with E-state index in [0.717, 1.165) is 30.4 Å². The van der Waals surface area contributed by atoms with Gasteiger partial charge < -0.3 is 16.4 Å². The molecule has 6 heteroatoms. The van der Waals surface area contributed by atoms with Crippen LogP contribution in [0, 0.1) is 11.3 Å². The highest BCUT2D eigenvalue weighted by atomic mass is 35.5. The predicted molar refractivity (Wildman–Crippen MR) is 143 cm³/mol. The van der Waals surface area contributed by atoms with Crippen molar-refractivity contribution in [1.29, 1.82) is 0 Å². The molecule has 0 spiro atoms. The molecule has 4 nitrogen and oxygen atoms in total. The van der Waals surface area contributed by atoms with E-state index >= 15 is 0 Å². The first-order valence-corrected chi connectivity index (χ1v) is 13.1. The highest BCUT2D eigenvalue weighted by Gasteiger charge is 2.56. The van der Waals surface area contributed by atoms with Gasteiger partial charge in [-0.3, -0.25) is 4.79 Å². The van der Waals surface area contributed by atoms with Crippen LogP contribution in [0.4, 0.5) is 0 Å². The SMILES string of the molecule is CCC(CC)CNC(=O)[C@@H]1N[C@@H](CC(C)(C)C)[C@](N)(c2ccc(Cl)cc2)[C@H]1c1cccc(Cl)c1. The number of benzene rings is 2. The molecule has 1 heterocycles. The van der Waals surface area contributed by atoms with Gasteiger partial charge in [-0.05, 0) is 53.1 Å². The maximum atomic E-state index is 13.7. The lowest BCUT2D eigenvalue weighted by Crippen LogP contribution is -2.51. The molecule has 0 unspecified atom stereocenters. The molecule has 0 aromatic heterocycles. The number of carbonyl (C=O) groups excluding carboxylic acids is 1. The van der Waals surface area contributed by atoms with Crippen LogP contribution in [0.15, 0.2) is 48.5 Å². The Labute approximate surface area is 215 Å². The fourth-order valence-corrected chi connectivity index (χ4v) is 5.56. The van der Waals surface area contributed by atoms with Gasteiger partial charge in [-0.15, -0.1) is 0 Å². The highest BCUT2D eigenvalue weighted by Crippen LogP contribution is 2.48. The fraction of sp³-hybridized carbons (Fsp3) is 0.536. The monoisotopic (exact) mass is 503 g/mol. The lowest BCUT2D eigenvalue weighted by atomic mass is 9.68. The van der Waals surface area contributed by atoms with E-state index in [9.17, 15) is 4.79 Å². The van der Waals surface area contributed by atoms with Gasteiger partial charge in [0.2, 0.25) is 5.91 Å². The summed E-state index contributed by atoms with van der Waals surface area (Å²) in [5.74, 6) is 0.137. The second-order valence-electron chi connectivity index (χ2n) is 10.9. The Morgan fingerprint density at radius 2 is 1.74 bits per heavy atom. The third-order valence-corrected chi connectivity index (χ3v) is 7.66. The van der Waals surface area contributed by atoms with E-state index in [1.165, 1.54) is 0 Å². The summed E-state index contributed by atoms with van der Waals surface area (Å²) in [6.45, 7) is 11.6. The third kappa shape index (κ3) is 5.96. The van der Waals surface area contributed by atoms with Crippen LogP contribution >= 0.6 is 23.2 Å². The predicted octanol–water partition coefficient (Wildman–Crippen LogP) is 6.26. The molecular formula is C28H39Cl2N3O. The Morgan fingerprint density at radius 1 is 1.09 bits per heavy atom. The Balaban J connectivity index is 2.11. The molecule has 4 N–H and O–H groups in total. The van der Waals surface area contributed by atoms with Gasteiger partial charge in [0, 0.05) is 28.5 Å². The second-order valence-corrected chi connectivity index (χ2v) is 11.7. The van der Waals surface area contributed by atoms with E-state index in [0.29, 0.717) is 22.5 Å². The van der Waals surface area contributed by atoms with Gasteiger partial charge in [-0.2, -0.15) is 0 Å². The number of nitrogens with two attached hydrogens (primary N) is 1. The summed E-state index contributed by atoms with van der Waals surface area (Å²) < 4.78 is 0. The number of halogens is 2. The van der Waals surface area contributed by atoms with E-state index in [4.69, 9.17) is 28.9 Å². The smallest absolute Gasteiger partial charge is 0.237 e. The molecule has 0 aliphatic carbocycles. The lowest BCUT2D eigenvalue weighted by molar-refractivity contribution is -0.123. The molecule has 1 fully saturated rings. The largest absolute Gasteiger partial charge is 0.354 e. The molecule has 0 radical (unpaired) electrons. The van der Waals surface area contributed by atoms with Gasteiger partial charge >= 0.3 is 0 Å². The molecular weight excluding hydrogens is 465 g/mol. The van der Waals surface area contributed by atoms with E-state index < -0.39 is 11.6 Å². The lowest BCUT2D eigenvalue weighted by Gasteiger charge is -2.39. The summed E-state index contributed by atoms with van der Waals surface area (Å²) in [5.41, 5.74) is 8.50. The van der Waals surface area contributed by atoms with Crippen LogP contribution in [0.1, 0.15) is 70.9 Å². The van der Waals surface area contributed by atoms with Crippen LogP contribution in [-0.4, -0.2) is 24.5 Å². The molecule has 1 saturated heterocycles. The minimum atomic E-state index is -0.834. The minimum Gasteiger partial charge on any atom is -0.354 e. The Bertz CT molecular complexity index is 968. The van der Waals surface area contributed by atoms with Gasteiger partial charge in [0.1, 0.15) is 0 Å². The molecule has 34 heavy (non-hydrogen) atoms. The Hall–Kier alpha value is -1.59. The first-order chi connectivity index (χ1) is 16.0. The van der Waals surface area contributed by atoms with Crippen LogP contribution in [0.5, 0.6) is 0 Å². The summed E-state index contributed by atoms with van der Waals surface area (Å²) in [7, 11) is 0.